The summed E-state index contributed by atoms with van der Waals surface area (Å²) in [6.45, 7) is 9.46. The van der Waals surface area contributed by atoms with Gasteiger partial charge in [-0.3, -0.25) is 0 Å². The molecule has 7 heterocycles. The van der Waals surface area contributed by atoms with Crippen molar-refractivity contribution in [3.63, 3.8) is 0 Å². The number of aromatic nitrogens is 9. The zero-order chi connectivity index (χ0) is 74.5. The number of nitrogens with zero attached hydrogens (tertiary/aromatic N) is 9. The average Bonchev–Trinajstić information content (AvgIpc) is 1.53. The number of para-hydroxylation sites is 2. The summed E-state index contributed by atoms with van der Waals surface area (Å²) in [5, 5.41) is 9.81. The van der Waals surface area contributed by atoms with E-state index in [4.69, 9.17) is 29.9 Å². The van der Waals surface area contributed by atoms with E-state index in [0.717, 1.165) is 65.4 Å². The van der Waals surface area contributed by atoms with Crippen molar-refractivity contribution >= 4 is 107 Å². The van der Waals surface area contributed by atoms with Gasteiger partial charge >= 0.3 is 0 Å². The van der Waals surface area contributed by atoms with Gasteiger partial charge in [-0.25, -0.2) is 29.9 Å². The topological polar surface area (TPSA) is 91.1 Å². The molecule has 14 aromatic carbocycles. The van der Waals surface area contributed by atoms with Crippen LogP contribution in [0.25, 0.3) is 192 Å². The Hall–Kier alpha value is -13.7. The van der Waals surface area contributed by atoms with Gasteiger partial charge in [-0.05, 0) is 105 Å². The molecule has 0 fully saturated rings. The molecule has 112 heavy (non-hydrogen) atoms. The summed E-state index contributed by atoms with van der Waals surface area (Å²) < 4.78 is 11.9. The van der Waals surface area contributed by atoms with Gasteiger partial charge in [0.15, 0.2) is 47.3 Å². The molecule has 0 bridgehead atoms. The van der Waals surface area contributed by atoms with Crippen LogP contribution < -0.4 is 4.57 Å². The van der Waals surface area contributed by atoms with E-state index in [1.165, 1.54) is 114 Å². The molecule has 0 amide bonds. The predicted octanol–water partition coefficient (Wildman–Crippen LogP) is 25.6. The molecule has 0 unspecified atom stereocenters. The van der Waals surface area contributed by atoms with E-state index < -0.39 is 0 Å². The van der Waals surface area contributed by atoms with Crippen LogP contribution in [0.5, 0.6) is 0 Å². The number of rotatable bonds is 9. The van der Waals surface area contributed by atoms with E-state index in [1.807, 2.05) is 72.8 Å². The third kappa shape index (κ3) is 10.3. The van der Waals surface area contributed by atoms with E-state index in [-0.39, 0.29) is 10.8 Å². The molecule has 0 radical (unpaired) electrons. The van der Waals surface area contributed by atoms with Crippen LogP contribution in [0.15, 0.2) is 340 Å². The molecule has 0 spiro atoms. The quantitative estimate of drug-likeness (QED) is 0.134. The minimum atomic E-state index is -0.147. The fourth-order valence-corrected chi connectivity index (χ4v) is 20.3. The lowest BCUT2D eigenvalue weighted by Crippen LogP contribution is -2.29. The van der Waals surface area contributed by atoms with Crippen LogP contribution in [-0.2, 0) is 10.8 Å². The van der Waals surface area contributed by atoms with E-state index in [0.29, 0.717) is 34.9 Å². The number of hydrogen-bond acceptors (Lipinski definition) is 8. The van der Waals surface area contributed by atoms with Crippen LogP contribution in [0.2, 0.25) is 0 Å². The second kappa shape index (κ2) is 25.4. The molecule has 11 heteroatoms. The Morgan fingerprint density at radius 1 is 0.277 bits per heavy atom. The summed E-state index contributed by atoms with van der Waals surface area (Å²) >= 11 is 3.59. The predicted molar refractivity (Wildman–Crippen MR) is 463 cm³/mol. The monoisotopic (exact) mass is 1470 g/mol. The van der Waals surface area contributed by atoms with E-state index in [9.17, 15) is 0 Å². The first kappa shape index (κ1) is 65.4. The Balaban J connectivity index is 0.000000138. The largest absolute Gasteiger partial charge is 0.309 e. The maximum absolute atomic E-state index is 5.23. The van der Waals surface area contributed by atoms with Crippen LogP contribution in [0.1, 0.15) is 49.9 Å². The number of pyridine rings is 1. The van der Waals surface area contributed by atoms with Crippen LogP contribution >= 0.6 is 22.7 Å². The Morgan fingerprint density at radius 2 is 0.723 bits per heavy atom. The third-order valence-corrected chi connectivity index (χ3v) is 25.6. The molecule has 0 saturated heterocycles. The fourth-order valence-electron chi connectivity index (χ4n) is 17.9. The highest BCUT2D eigenvalue weighted by Crippen LogP contribution is 2.55. The van der Waals surface area contributed by atoms with Crippen molar-refractivity contribution in [2.75, 3.05) is 0 Å². The Kier molecular flexibility index (Phi) is 14.9. The van der Waals surface area contributed by atoms with Crippen molar-refractivity contribution in [2.24, 2.45) is 0 Å². The second-order valence-corrected chi connectivity index (χ2v) is 32.4. The Bertz CT molecular complexity index is 7310. The van der Waals surface area contributed by atoms with E-state index in [2.05, 4.69) is 309 Å². The first-order chi connectivity index (χ1) is 55.0. The summed E-state index contributed by atoms with van der Waals surface area (Å²) in [5.74, 6) is 3.92. The Morgan fingerprint density at radius 3 is 1.29 bits per heavy atom. The van der Waals surface area contributed by atoms with Crippen molar-refractivity contribution in [3.05, 3.63) is 362 Å². The molecule has 0 N–H and O–H groups in total. The van der Waals surface area contributed by atoms with E-state index >= 15 is 0 Å². The van der Waals surface area contributed by atoms with Crippen LogP contribution in [0.3, 0.4) is 0 Å². The van der Waals surface area contributed by atoms with Gasteiger partial charge in [0.2, 0.25) is 5.69 Å². The van der Waals surface area contributed by atoms with Gasteiger partial charge in [0.25, 0.3) is 0 Å². The van der Waals surface area contributed by atoms with Crippen LogP contribution in [-0.4, -0.2) is 39.0 Å². The first-order valence-corrected chi connectivity index (χ1v) is 39.7. The number of thiophene rings is 2. The molecular formula is C101H68N9S2+. The highest BCUT2D eigenvalue weighted by Gasteiger charge is 2.40. The lowest BCUT2D eigenvalue weighted by atomic mass is 9.80. The second-order valence-electron chi connectivity index (χ2n) is 30.3. The van der Waals surface area contributed by atoms with Gasteiger partial charge < -0.3 is 9.13 Å². The maximum atomic E-state index is 5.23. The summed E-state index contributed by atoms with van der Waals surface area (Å²) in [5.41, 5.74) is 24.3. The molecule has 528 valence electrons. The minimum Gasteiger partial charge on any atom is -0.309 e. The average molecular weight is 1470 g/mol. The lowest BCUT2D eigenvalue weighted by Gasteiger charge is -2.22. The number of benzene rings is 14. The van der Waals surface area contributed by atoms with E-state index in [1.54, 1.807) is 22.7 Å². The third-order valence-electron chi connectivity index (χ3n) is 23.1. The summed E-state index contributed by atoms with van der Waals surface area (Å²) in [7, 11) is 0. The lowest BCUT2D eigenvalue weighted by molar-refractivity contribution is -0.594. The normalized spacial score (nSPS) is 13.1. The van der Waals surface area contributed by atoms with Crippen molar-refractivity contribution in [1.82, 2.24) is 39.0 Å². The minimum absolute atomic E-state index is 0.108. The number of fused-ring (bicyclic) bond motifs is 19. The fraction of sp³-hybridized carbons (Fsp3) is 0.0594. The summed E-state index contributed by atoms with van der Waals surface area (Å²) in [4.78, 5) is 30.9. The van der Waals surface area contributed by atoms with Gasteiger partial charge in [-0.2, -0.15) is 4.57 Å². The molecule has 2 aliphatic carbocycles. The molecule has 0 saturated carbocycles. The molecule has 7 aromatic heterocycles. The maximum Gasteiger partial charge on any atom is 0.212 e. The van der Waals surface area contributed by atoms with Crippen molar-refractivity contribution in [2.45, 2.75) is 38.5 Å². The zero-order valence-electron chi connectivity index (χ0n) is 61.7. The highest BCUT2D eigenvalue weighted by atomic mass is 32.1. The highest BCUT2D eigenvalue weighted by molar-refractivity contribution is 7.26. The van der Waals surface area contributed by atoms with Crippen molar-refractivity contribution in [1.29, 1.82) is 0 Å². The van der Waals surface area contributed by atoms with Gasteiger partial charge in [0.05, 0.1) is 27.5 Å². The molecule has 0 aliphatic heterocycles. The molecule has 2 aliphatic rings. The molecule has 23 rings (SSSR count). The standard InChI is InChI=1S/C53H36N5S.C48H32N4S/c1-53(2)44-24-14-12-22-37(44)39-30-40-43-32-57(27-26-46(43)58(47(40)31-45(39)53)35-20-10-5-11-21-35)36-28-41-38-23-13-15-25-48(38)59-49(41)42(29-36)52-55-50(33-16-6-3-7-17-33)54-51(56-52)34-18-8-4-9-19-34;1-48(2)38-22-12-9-19-32(38)34-25-26-40-42(43(34)48)35-21-10-13-23-39(35)52(40)31-27-36-33-20-11-14-24-41(33)53-44(36)37(28-31)47-50-45(29-15-5-3-6-16-29)49-46(51-47)30-17-7-4-8-18-30/h3-32H,1-2H3;3-28H,1-2H3/q+1;. The van der Waals surface area contributed by atoms with Gasteiger partial charge in [0.1, 0.15) is 0 Å². The van der Waals surface area contributed by atoms with Crippen LogP contribution in [0, 0.1) is 0 Å². The zero-order valence-corrected chi connectivity index (χ0v) is 63.3. The summed E-state index contributed by atoms with van der Waals surface area (Å²) in [6, 6.07) is 117. The molecule has 0 atom stereocenters. The van der Waals surface area contributed by atoms with Crippen LogP contribution in [0.4, 0.5) is 0 Å². The van der Waals surface area contributed by atoms with Gasteiger partial charge in [0, 0.05) is 130 Å². The summed E-state index contributed by atoms with van der Waals surface area (Å²) in [6.07, 6.45) is 4.51. The SMILES string of the molecule is CC1(C)c2ccccc2-c2cc3c4c[n+](-c5cc(-c6nc(-c7ccccc7)nc(-c7ccccc7)n6)c6sc7ccccc7c6c5)ccc4n(-c4ccccc4)c3cc21.CC1(C)c2ccccc2-c2ccc3c(c21)c1ccccc1n3-c1cc(-c2nc(-c3ccccc3)nc(-c3ccccc3)n2)c2sc3ccccc3c2c1. The molecule has 21 aromatic rings. The van der Waals surface area contributed by atoms with Crippen molar-refractivity contribution < 1.29 is 4.57 Å². The van der Waals surface area contributed by atoms with Gasteiger partial charge in [-0.15, -0.1) is 22.7 Å². The number of hydrogen-bond donors (Lipinski definition) is 0. The first-order valence-electron chi connectivity index (χ1n) is 38.1. The van der Waals surface area contributed by atoms with Gasteiger partial charge in [-0.1, -0.05) is 276 Å². The molecular weight excluding hydrogens is 1400 g/mol. The Labute approximate surface area is 654 Å². The smallest absolute Gasteiger partial charge is 0.212 e. The van der Waals surface area contributed by atoms with Crippen molar-refractivity contribution in [3.8, 4) is 108 Å². The molecule has 9 nitrogen and oxygen atoms in total.